The number of anilines is 2. The summed E-state index contributed by atoms with van der Waals surface area (Å²) in [5, 5.41) is 15.3. The molecule has 1 N–H and O–H groups in total. The smallest absolute Gasteiger partial charge is 0.188 e. The molecule has 0 spiro atoms. The molecule has 6 nitrogen and oxygen atoms in total. The number of nitriles is 1. The summed E-state index contributed by atoms with van der Waals surface area (Å²) in [5.41, 5.74) is 1.98. The number of hydrogen-bond donors (Lipinski definition) is 1. The predicted octanol–water partition coefficient (Wildman–Crippen LogP) is 4.66. The lowest BCUT2D eigenvalue weighted by molar-refractivity contribution is 0.117. The van der Waals surface area contributed by atoms with Gasteiger partial charge in [-0.15, -0.1) is 11.3 Å². The predicted molar refractivity (Wildman–Crippen MR) is 119 cm³/mol. The molecule has 1 atom stereocenters. The van der Waals surface area contributed by atoms with Crippen molar-refractivity contribution in [2.24, 2.45) is 5.41 Å². The van der Waals surface area contributed by atoms with Crippen molar-refractivity contribution in [3.05, 3.63) is 35.0 Å². The second kappa shape index (κ2) is 9.66. The monoisotopic (exact) mass is 412 g/mol. The van der Waals surface area contributed by atoms with Gasteiger partial charge in [-0.25, -0.2) is 9.97 Å². The fraction of sp³-hybridized carbons (Fsp3) is 0.591. The Balaban J connectivity index is 1.66. The largest absolute Gasteiger partial charge is 0.316 e. The summed E-state index contributed by atoms with van der Waals surface area (Å²) in [5.74, 6) is 0.661. The van der Waals surface area contributed by atoms with E-state index < -0.39 is 0 Å². The van der Waals surface area contributed by atoms with Gasteiger partial charge in [0.15, 0.2) is 5.13 Å². The van der Waals surface area contributed by atoms with Crippen LogP contribution in [0.1, 0.15) is 57.8 Å². The molecule has 0 amide bonds. The van der Waals surface area contributed by atoms with Gasteiger partial charge in [0.05, 0.1) is 23.4 Å². The van der Waals surface area contributed by atoms with E-state index in [-0.39, 0.29) is 5.41 Å². The molecule has 1 fully saturated rings. The van der Waals surface area contributed by atoms with Crippen molar-refractivity contribution in [1.82, 2.24) is 19.8 Å². The van der Waals surface area contributed by atoms with Crippen molar-refractivity contribution in [3.63, 3.8) is 0 Å². The Morgan fingerprint density at radius 2 is 2.17 bits per heavy atom. The van der Waals surface area contributed by atoms with Crippen LogP contribution >= 0.6 is 11.3 Å². The molecular weight excluding hydrogens is 380 g/mol. The first-order valence-electron chi connectivity index (χ1n) is 10.5. The minimum absolute atomic E-state index is 0.243. The highest BCUT2D eigenvalue weighted by Crippen LogP contribution is 2.36. The number of rotatable bonds is 9. The summed E-state index contributed by atoms with van der Waals surface area (Å²) in [6.45, 7) is 14.8. The number of aromatic nitrogens is 2. The van der Waals surface area contributed by atoms with E-state index in [0.29, 0.717) is 17.4 Å². The molecule has 0 aromatic carbocycles. The second-order valence-electron chi connectivity index (χ2n) is 8.50. The van der Waals surface area contributed by atoms with Gasteiger partial charge in [-0.2, -0.15) is 5.26 Å². The van der Waals surface area contributed by atoms with Crippen molar-refractivity contribution in [3.8, 4) is 6.07 Å². The standard InChI is InChI=1S/C22H32N6S/c1-5-27(6-2)15-22(3,4)16-28-11-7-8-19(28)18-14-29-21(25-18)26-20-12-17(13-23)9-10-24-20/h9-10,12,14,19H,5-8,11,15-16H2,1-4H3,(H,24,25,26). The van der Waals surface area contributed by atoms with Crippen LogP contribution in [0.5, 0.6) is 0 Å². The van der Waals surface area contributed by atoms with Crippen molar-refractivity contribution in [1.29, 1.82) is 5.26 Å². The Bertz CT molecular complexity index is 836. The minimum Gasteiger partial charge on any atom is -0.316 e. The Kier molecular flexibility index (Phi) is 7.23. The first-order valence-corrected chi connectivity index (χ1v) is 11.4. The summed E-state index contributed by atoms with van der Waals surface area (Å²) in [4.78, 5) is 14.3. The van der Waals surface area contributed by atoms with E-state index >= 15 is 0 Å². The van der Waals surface area contributed by atoms with Gasteiger partial charge in [0, 0.05) is 24.7 Å². The number of likely N-dealkylation sites (tertiary alicyclic amines) is 1. The van der Waals surface area contributed by atoms with E-state index in [1.165, 1.54) is 6.42 Å². The highest BCUT2D eigenvalue weighted by Gasteiger charge is 2.33. The zero-order chi connectivity index (χ0) is 20.9. The molecule has 1 aliphatic heterocycles. The van der Waals surface area contributed by atoms with Crippen molar-refractivity contribution < 1.29 is 0 Å². The maximum atomic E-state index is 9.06. The zero-order valence-corrected chi connectivity index (χ0v) is 18.8. The van der Waals surface area contributed by atoms with E-state index in [2.05, 4.69) is 59.2 Å². The van der Waals surface area contributed by atoms with Crippen LogP contribution in [0.3, 0.4) is 0 Å². The van der Waals surface area contributed by atoms with Gasteiger partial charge in [-0.05, 0) is 50.0 Å². The van der Waals surface area contributed by atoms with E-state index in [9.17, 15) is 0 Å². The van der Waals surface area contributed by atoms with Crippen molar-refractivity contribution in [2.75, 3.05) is 38.0 Å². The summed E-state index contributed by atoms with van der Waals surface area (Å²) < 4.78 is 0. The van der Waals surface area contributed by atoms with Gasteiger partial charge in [-0.3, -0.25) is 4.90 Å². The van der Waals surface area contributed by atoms with Crippen LogP contribution < -0.4 is 5.32 Å². The third-order valence-electron chi connectivity index (χ3n) is 5.53. The molecule has 1 saturated heterocycles. The average Bonchev–Trinajstić information content (AvgIpc) is 3.35. The van der Waals surface area contributed by atoms with Crippen LogP contribution in [0.25, 0.3) is 0 Å². The Hall–Kier alpha value is -2.01. The summed E-state index contributed by atoms with van der Waals surface area (Å²) >= 11 is 1.60. The molecule has 156 valence electrons. The van der Waals surface area contributed by atoms with Crippen LogP contribution in [0.15, 0.2) is 23.7 Å². The summed E-state index contributed by atoms with van der Waals surface area (Å²) in [7, 11) is 0. The Labute approximate surface area is 178 Å². The SMILES string of the molecule is CCN(CC)CC(C)(C)CN1CCCC1c1csc(Nc2cc(C#N)ccn2)n1. The zero-order valence-electron chi connectivity index (χ0n) is 18.0. The number of nitrogens with one attached hydrogen (secondary N) is 1. The number of thiazole rings is 1. The number of nitrogens with zero attached hydrogens (tertiary/aromatic N) is 5. The number of pyridine rings is 1. The molecule has 29 heavy (non-hydrogen) atoms. The molecule has 0 bridgehead atoms. The van der Waals surface area contributed by atoms with E-state index in [0.717, 1.165) is 50.0 Å². The summed E-state index contributed by atoms with van der Waals surface area (Å²) in [6, 6.07) is 5.98. The van der Waals surface area contributed by atoms with Crippen molar-refractivity contribution >= 4 is 22.3 Å². The van der Waals surface area contributed by atoms with Crippen LogP contribution in [0.2, 0.25) is 0 Å². The van der Waals surface area contributed by atoms with Crippen molar-refractivity contribution in [2.45, 2.75) is 46.6 Å². The highest BCUT2D eigenvalue weighted by molar-refractivity contribution is 7.13. The van der Waals surface area contributed by atoms with E-state index in [4.69, 9.17) is 10.2 Å². The molecule has 0 aliphatic carbocycles. The first-order chi connectivity index (χ1) is 13.9. The average molecular weight is 413 g/mol. The molecule has 2 aromatic rings. The first kappa shape index (κ1) is 21.7. The maximum Gasteiger partial charge on any atom is 0.188 e. The molecule has 3 rings (SSSR count). The third kappa shape index (κ3) is 5.75. The van der Waals surface area contributed by atoms with Gasteiger partial charge >= 0.3 is 0 Å². The fourth-order valence-corrected chi connectivity index (χ4v) is 4.94. The molecule has 1 unspecified atom stereocenters. The fourth-order valence-electron chi connectivity index (χ4n) is 4.18. The van der Waals surface area contributed by atoms with E-state index in [1.54, 1.807) is 29.7 Å². The molecule has 1 aliphatic rings. The normalized spacial score (nSPS) is 17.6. The molecule has 2 aromatic heterocycles. The maximum absolute atomic E-state index is 9.06. The van der Waals surface area contributed by atoms with Gasteiger partial charge in [-0.1, -0.05) is 27.7 Å². The lowest BCUT2D eigenvalue weighted by Crippen LogP contribution is -2.42. The Morgan fingerprint density at radius 1 is 1.38 bits per heavy atom. The van der Waals surface area contributed by atoms with Crippen LogP contribution in [-0.4, -0.2) is 52.5 Å². The van der Waals surface area contributed by atoms with Gasteiger partial charge in [0.1, 0.15) is 5.82 Å². The highest BCUT2D eigenvalue weighted by atomic mass is 32.1. The lowest BCUT2D eigenvalue weighted by Gasteiger charge is -2.36. The van der Waals surface area contributed by atoms with Gasteiger partial charge in [0.2, 0.25) is 0 Å². The topological polar surface area (TPSA) is 68.1 Å². The second-order valence-corrected chi connectivity index (χ2v) is 9.36. The van der Waals surface area contributed by atoms with E-state index in [1.807, 2.05) is 0 Å². The number of hydrogen-bond acceptors (Lipinski definition) is 7. The molecule has 0 saturated carbocycles. The lowest BCUT2D eigenvalue weighted by atomic mass is 9.91. The minimum atomic E-state index is 0.243. The molecular formula is C22H32N6S. The quantitative estimate of drug-likeness (QED) is 0.646. The molecule has 7 heteroatoms. The summed E-state index contributed by atoms with van der Waals surface area (Å²) in [6.07, 6.45) is 4.02. The molecule has 3 heterocycles. The van der Waals surface area contributed by atoms with Crippen LogP contribution in [-0.2, 0) is 0 Å². The third-order valence-corrected chi connectivity index (χ3v) is 6.30. The van der Waals surface area contributed by atoms with Crippen LogP contribution in [0.4, 0.5) is 10.9 Å². The van der Waals surface area contributed by atoms with Gasteiger partial charge < -0.3 is 10.2 Å². The molecule has 0 radical (unpaired) electrons. The van der Waals surface area contributed by atoms with Gasteiger partial charge in [0.25, 0.3) is 0 Å². The Morgan fingerprint density at radius 3 is 2.90 bits per heavy atom. The van der Waals surface area contributed by atoms with Crippen LogP contribution in [0, 0.1) is 16.7 Å².